The molecule has 0 aromatic heterocycles. The van der Waals surface area contributed by atoms with Gasteiger partial charge in [-0.3, -0.25) is 4.79 Å². The van der Waals surface area contributed by atoms with E-state index in [1.165, 1.54) is 0 Å². The Bertz CT molecular complexity index is 558. The van der Waals surface area contributed by atoms with Crippen molar-refractivity contribution >= 4 is 22.4 Å². The predicted molar refractivity (Wildman–Crippen MR) is 78.2 cm³/mol. The molecule has 0 saturated carbocycles. The number of carbonyl (C=O) groups excluding carboxylic acids is 1. The number of fused-ring (bicyclic) bond motifs is 1. The fourth-order valence-corrected chi connectivity index (χ4v) is 1.86. The Morgan fingerprint density at radius 3 is 2.68 bits per heavy atom. The van der Waals surface area contributed by atoms with Crippen LogP contribution in [0.15, 0.2) is 42.5 Å². The molecule has 0 atom stereocenters. The largest absolute Gasteiger partial charge is 0.464 e. The molecule has 0 bridgehead atoms. The van der Waals surface area contributed by atoms with Crippen molar-refractivity contribution in [2.24, 2.45) is 5.92 Å². The summed E-state index contributed by atoms with van der Waals surface area (Å²) in [5.41, 5.74) is 0.958. The summed E-state index contributed by atoms with van der Waals surface area (Å²) < 4.78 is 5.14. The summed E-state index contributed by atoms with van der Waals surface area (Å²) in [5, 5.41) is 5.40. The first-order valence-electron chi connectivity index (χ1n) is 6.54. The minimum absolute atomic E-state index is 0.195. The molecule has 2 rings (SSSR count). The SMILES string of the molecule is CC(C)COC(=O)CNc1cccc2ccccc12. The zero-order chi connectivity index (χ0) is 13.7. The highest BCUT2D eigenvalue weighted by Crippen LogP contribution is 2.22. The molecule has 0 heterocycles. The van der Waals surface area contributed by atoms with Crippen LogP contribution in [0.25, 0.3) is 10.8 Å². The second-order valence-corrected chi connectivity index (χ2v) is 4.96. The topological polar surface area (TPSA) is 38.3 Å². The maximum atomic E-state index is 11.6. The average molecular weight is 257 g/mol. The molecule has 2 aromatic carbocycles. The van der Waals surface area contributed by atoms with Gasteiger partial charge in [0.05, 0.1) is 6.61 Å². The normalized spacial score (nSPS) is 10.7. The number of rotatable bonds is 5. The van der Waals surface area contributed by atoms with Gasteiger partial charge in [0.25, 0.3) is 0 Å². The summed E-state index contributed by atoms with van der Waals surface area (Å²) >= 11 is 0. The second-order valence-electron chi connectivity index (χ2n) is 4.96. The second kappa shape index (κ2) is 6.23. The molecule has 0 saturated heterocycles. The predicted octanol–water partition coefficient (Wildman–Crippen LogP) is 3.45. The van der Waals surface area contributed by atoms with E-state index in [4.69, 9.17) is 4.74 Å². The molecule has 0 aliphatic rings. The van der Waals surface area contributed by atoms with E-state index >= 15 is 0 Å². The van der Waals surface area contributed by atoms with Crippen molar-refractivity contribution in [3.63, 3.8) is 0 Å². The van der Waals surface area contributed by atoms with Crippen LogP contribution >= 0.6 is 0 Å². The number of anilines is 1. The average Bonchev–Trinajstić information content (AvgIpc) is 2.42. The van der Waals surface area contributed by atoms with E-state index in [-0.39, 0.29) is 12.5 Å². The Balaban J connectivity index is 2.00. The zero-order valence-electron chi connectivity index (χ0n) is 11.3. The molecule has 0 radical (unpaired) electrons. The van der Waals surface area contributed by atoms with E-state index < -0.39 is 0 Å². The number of hydrogen-bond donors (Lipinski definition) is 1. The first-order valence-corrected chi connectivity index (χ1v) is 6.54. The van der Waals surface area contributed by atoms with E-state index in [9.17, 15) is 4.79 Å². The minimum Gasteiger partial charge on any atom is -0.464 e. The van der Waals surface area contributed by atoms with Crippen LogP contribution in [-0.2, 0) is 9.53 Å². The van der Waals surface area contributed by atoms with Gasteiger partial charge in [-0.25, -0.2) is 0 Å². The number of nitrogens with one attached hydrogen (secondary N) is 1. The Morgan fingerprint density at radius 1 is 1.16 bits per heavy atom. The van der Waals surface area contributed by atoms with Crippen LogP contribution in [0.4, 0.5) is 5.69 Å². The molecule has 3 nitrogen and oxygen atoms in total. The van der Waals surface area contributed by atoms with Gasteiger partial charge in [-0.1, -0.05) is 50.2 Å². The first-order chi connectivity index (χ1) is 9.16. The maximum Gasteiger partial charge on any atom is 0.325 e. The van der Waals surface area contributed by atoms with Crippen LogP contribution in [0.5, 0.6) is 0 Å². The molecule has 3 heteroatoms. The van der Waals surface area contributed by atoms with Crippen molar-refractivity contribution in [1.29, 1.82) is 0 Å². The van der Waals surface area contributed by atoms with Crippen LogP contribution in [0.1, 0.15) is 13.8 Å². The Labute approximate surface area is 113 Å². The van der Waals surface area contributed by atoms with Gasteiger partial charge in [-0.15, -0.1) is 0 Å². The van der Waals surface area contributed by atoms with Gasteiger partial charge in [0, 0.05) is 11.1 Å². The lowest BCUT2D eigenvalue weighted by molar-refractivity contribution is -0.142. The van der Waals surface area contributed by atoms with Crippen LogP contribution in [0.2, 0.25) is 0 Å². The van der Waals surface area contributed by atoms with Crippen LogP contribution < -0.4 is 5.32 Å². The molecular formula is C16H19NO2. The number of ether oxygens (including phenoxy) is 1. The fraction of sp³-hybridized carbons (Fsp3) is 0.312. The molecular weight excluding hydrogens is 238 g/mol. The highest BCUT2D eigenvalue weighted by Gasteiger charge is 2.05. The lowest BCUT2D eigenvalue weighted by Gasteiger charge is -2.10. The molecule has 100 valence electrons. The molecule has 2 aromatic rings. The van der Waals surface area contributed by atoms with Gasteiger partial charge < -0.3 is 10.1 Å². The summed E-state index contributed by atoms with van der Waals surface area (Å²) in [4.78, 5) is 11.6. The minimum atomic E-state index is -0.221. The summed E-state index contributed by atoms with van der Waals surface area (Å²) in [6.45, 7) is 4.70. The maximum absolute atomic E-state index is 11.6. The van der Waals surface area contributed by atoms with E-state index in [1.807, 2.05) is 44.2 Å². The van der Waals surface area contributed by atoms with Crippen molar-refractivity contribution in [3.05, 3.63) is 42.5 Å². The van der Waals surface area contributed by atoms with Gasteiger partial charge in [-0.2, -0.15) is 0 Å². The lowest BCUT2D eigenvalue weighted by Crippen LogP contribution is -2.19. The quantitative estimate of drug-likeness (QED) is 0.834. The van der Waals surface area contributed by atoms with Crippen molar-refractivity contribution in [2.45, 2.75) is 13.8 Å². The Morgan fingerprint density at radius 2 is 1.89 bits per heavy atom. The van der Waals surface area contributed by atoms with Gasteiger partial charge in [0.15, 0.2) is 0 Å². The first kappa shape index (κ1) is 13.4. The molecule has 0 fully saturated rings. The number of carbonyl (C=O) groups is 1. The van der Waals surface area contributed by atoms with Gasteiger partial charge in [-0.05, 0) is 17.4 Å². The highest BCUT2D eigenvalue weighted by molar-refractivity contribution is 5.94. The summed E-state index contributed by atoms with van der Waals surface area (Å²) in [7, 11) is 0. The van der Waals surface area contributed by atoms with Crippen LogP contribution in [0, 0.1) is 5.92 Å². The molecule has 1 N–H and O–H groups in total. The van der Waals surface area contributed by atoms with Crippen molar-refractivity contribution < 1.29 is 9.53 Å². The third-order valence-electron chi connectivity index (χ3n) is 2.79. The fourth-order valence-electron chi connectivity index (χ4n) is 1.86. The zero-order valence-corrected chi connectivity index (χ0v) is 11.3. The summed E-state index contributed by atoms with van der Waals surface area (Å²) in [5.74, 6) is 0.142. The van der Waals surface area contributed by atoms with Gasteiger partial charge >= 0.3 is 5.97 Å². The molecule has 0 spiro atoms. The molecule has 0 unspecified atom stereocenters. The summed E-state index contributed by atoms with van der Waals surface area (Å²) in [6, 6.07) is 14.1. The standard InChI is InChI=1S/C16H19NO2/c1-12(2)11-19-16(18)10-17-15-9-5-7-13-6-3-4-8-14(13)15/h3-9,12,17H,10-11H2,1-2H3. The molecule has 0 aliphatic heterocycles. The van der Waals surface area contributed by atoms with E-state index in [2.05, 4.69) is 17.4 Å². The van der Waals surface area contributed by atoms with Crippen LogP contribution in [0.3, 0.4) is 0 Å². The van der Waals surface area contributed by atoms with E-state index in [0.29, 0.717) is 12.5 Å². The lowest BCUT2D eigenvalue weighted by atomic mass is 10.1. The molecule has 0 amide bonds. The van der Waals surface area contributed by atoms with E-state index in [1.54, 1.807) is 0 Å². The van der Waals surface area contributed by atoms with Gasteiger partial charge in [0.1, 0.15) is 6.54 Å². The number of esters is 1. The molecule has 19 heavy (non-hydrogen) atoms. The molecule has 0 aliphatic carbocycles. The smallest absolute Gasteiger partial charge is 0.325 e. The van der Waals surface area contributed by atoms with E-state index in [0.717, 1.165) is 16.5 Å². The van der Waals surface area contributed by atoms with Crippen molar-refractivity contribution in [1.82, 2.24) is 0 Å². The Kier molecular flexibility index (Phi) is 4.39. The third-order valence-corrected chi connectivity index (χ3v) is 2.79. The summed E-state index contributed by atoms with van der Waals surface area (Å²) in [6.07, 6.45) is 0. The Hall–Kier alpha value is -2.03. The number of hydrogen-bond acceptors (Lipinski definition) is 3. The monoisotopic (exact) mass is 257 g/mol. The highest BCUT2D eigenvalue weighted by atomic mass is 16.5. The van der Waals surface area contributed by atoms with Gasteiger partial charge in [0.2, 0.25) is 0 Å². The van der Waals surface area contributed by atoms with Crippen molar-refractivity contribution in [3.8, 4) is 0 Å². The third kappa shape index (κ3) is 3.71. The van der Waals surface area contributed by atoms with Crippen molar-refractivity contribution in [2.75, 3.05) is 18.5 Å². The van der Waals surface area contributed by atoms with Crippen LogP contribution in [-0.4, -0.2) is 19.1 Å². The number of benzene rings is 2.